The van der Waals surface area contributed by atoms with Gasteiger partial charge in [-0.3, -0.25) is 14.5 Å². The van der Waals surface area contributed by atoms with Gasteiger partial charge >= 0.3 is 5.97 Å². The standard InChI is InChI=1S/C16H24N4O3/c1-17-8-12(16(22)23)9-19-6-7-20(11-13(19)10-17)15(21)14-4-3-5-18(14)2/h3-5,12-13H,6-11H2,1-2H3,(H,22,23)/t12-,13-/m0/s1. The predicted molar refractivity (Wildman–Crippen MR) is 85.3 cm³/mol. The quantitative estimate of drug-likeness (QED) is 0.817. The number of aliphatic carboxylic acids is 1. The third-order valence-corrected chi connectivity index (χ3v) is 4.91. The molecule has 126 valence electrons. The number of likely N-dealkylation sites (N-methyl/N-ethyl adjacent to an activating group) is 1. The molecule has 2 aliphatic heterocycles. The van der Waals surface area contributed by atoms with Crippen LogP contribution < -0.4 is 0 Å². The topological polar surface area (TPSA) is 69.0 Å². The van der Waals surface area contributed by atoms with Crippen molar-refractivity contribution in [3.63, 3.8) is 0 Å². The fourth-order valence-electron chi connectivity index (χ4n) is 3.64. The maximum absolute atomic E-state index is 12.7. The summed E-state index contributed by atoms with van der Waals surface area (Å²) in [5.74, 6) is -1.04. The summed E-state index contributed by atoms with van der Waals surface area (Å²) in [6.45, 7) is 3.96. The van der Waals surface area contributed by atoms with Gasteiger partial charge in [-0.1, -0.05) is 0 Å². The fraction of sp³-hybridized carbons (Fsp3) is 0.625. The fourth-order valence-corrected chi connectivity index (χ4v) is 3.64. The Kier molecular flexibility index (Phi) is 4.41. The Morgan fingerprint density at radius 1 is 1.13 bits per heavy atom. The second-order valence-electron chi connectivity index (χ2n) is 6.66. The van der Waals surface area contributed by atoms with E-state index in [1.54, 1.807) is 0 Å². The van der Waals surface area contributed by atoms with Gasteiger partial charge in [0.2, 0.25) is 0 Å². The van der Waals surface area contributed by atoms with Crippen LogP contribution in [0.1, 0.15) is 10.5 Å². The monoisotopic (exact) mass is 320 g/mol. The summed E-state index contributed by atoms with van der Waals surface area (Å²) in [7, 11) is 3.83. The number of piperazine rings is 1. The van der Waals surface area contributed by atoms with Crippen molar-refractivity contribution >= 4 is 11.9 Å². The second kappa shape index (κ2) is 6.33. The molecule has 0 radical (unpaired) electrons. The number of carbonyl (C=O) groups is 2. The molecule has 1 N–H and O–H groups in total. The Morgan fingerprint density at radius 3 is 2.57 bits per heavy atom. The van der Waals surface area contributed by atoms with E-state index in [1.165, 1.54) is 0 Å². The highest BCUT2D eigenvalue weighted by Crippen LogP contribution is 2.19. The normalized spacial score (nSPS) is 26.6. The van der Waals surface area contributed by atoms with Crippen molar-refractivity contribution < 1.29 is 14.7 Å². The molecular weight excluding hydrogens is 296 g/mol. The molecule has 2 saturated heterocycles. The minimum atomic E-state index is -0.736. The molecule has 23 heavy (non-hydrogen) atoms. The molecule has 0 unspecified atom stereocenters. The SMILES string of the molecule is CN1C[C@H](C(=O)O)CN2CCN(C(=O)c3cccn3C)C[C@@H]2C1. The van der Waals surface area contributed by atoms with E-state index in [2.05, 4.69) is 9.80 Å². The molecule has 0 saturated carbocycles. The highest BCUT2D eigenvalue weighted by molar-refractivity contribution is 5.92. The van der Waals surface area contributed by atoms with Crippen molar-refractivity contribution in [2.24, 2.45) is 13.0 Å². The molecule has 7 nitrogen and oxygen atoms in total. The zero-order valence-electron chi connectivity index (χ0n) is 13.7. The van der Waals surface area contributed by atoms with Crippen LogP contribution in [0.15, 0.2) is 18.3 Å². The molecule has 2 atom stereocenters. The number of nitrogens with zero attached hydrogens (tertiary/aromatic N) is 4. The molecule has 0 bridgehead atoms. The van der Waals surface area contributed by atoms with E-state index in [-0.39, 0.29) is 17.9 Å². The van der Waals surface area contributed by atoms with E-state index in [4.69, 9.17) is 0 Å². The number of hydrogen-bond donors (Lipinski definition) is 1. The van der Waals surface area contributed by atoms with E-state index in [0.29, 0.717) is 31.9 Å². The van der Waals surface area contributed by atoms with Crippen LogP contribution in [0.3, 0.4) is 0 Å². The van der Waals surface area contributed by atoms with Gasteiger partial charge in [0.15, 0.2) is 0 Å². The molecule has 0 aliphatic carbocycles. The number of fused-ring (bicyclic) bond motifs is 1. The first-order valence-electron chi connectivity index (χ1n) is 8.01. The molecule has 3 heterocycles. The molecule has 0 spiro atoms. The van der Waals surface area contributed by atoms with Crippen LogP contribution in [0.2, 0.25) is 0 Å². The first kappa shape index (κ1) is 16.0. The van der Waals surface area contributed by atoms with E-state index in [1.807, 2.05) is 41.9 Å². The number of carbonyl (C=O) groups excluding carboxylic acids is 1. The lowest BCUT2D eigenvalue weighted by Crippen LogP contribution is -2.57. The van der Waals surface area contributed by atoms with Gasteiger partial charge < -0.3 is 19.5 Å². The van der Waals surface area contributed by atoms with Crippen LogP contribution in [0, 0.1) is 5.92 Å². The molecule has 0 aromatic carbocycles. The number of amides is 1. The van der Waals surface area contributed by atoms with E-state index >= 15 is 0 Å². The van der Waals surface area contributed by atoms with Crippen molar-refractivity contribution in [3.05, 3.63) is 24.0 Å². The van der Waals surface area contributed by atoms with E-state index in [9.17, 15) is 14.7 Å². The Balaban J connectivity index is 1.71. The van der Waals surface area contributed by atoms with Crippen LogP contribution in [0.25, 0.3) is 0 Å². The van der Waals surface area contributed by atoms with Crippen LogP contribution in [0.5, 0.6) is 0 Å². The third-order valence-electron chi connectivity index (χ3n) is 4.91. The maximum atomic E-state index is 12.7. The first-order chi connectivity index (χ1) is 11.0. The van der Waals surface area contributed by atoms with Crippen molar-refractivity contribution in [1.82, 2.24) is 19.3 Å². The lowest BCUT2D eigenvalue weighted by atomic mass is 10.1. The average molecular weight is 320 g/mol. The van der Waals surface area contributed by atoms with Gasteiger partial charge in [-0.05, 0) is 19.2 Å². The number of aryl methyl sites for hydroxylation is 1. The molecule has 2 aliphatic rings. The number of aromatic nitrogens is 1. The van der Waals surface area contributed by atoms with Crippen LogP contribution >= 0.6 is 0 Å². The molecule has 1 aromatic heterocycles. The van der Waals surface area contributed by atoms with Gasteiger partial charge in [-0.2, -0.15) is 0 Å². The van der Waals surface area contributed by atoms with Crippen molar-refractivity contribution in [2.75, 3.05) is 46.3 Å². The minimum Gasteiger partial charge on any atom is -0.481 e. The minimum absolute atomic E-state index is 0.0545. The van der Waals surface area contributed by atoms with E-state index in [0.717, 1.165) is 13.1 Å². The summed E-state index contributed by atoms with van der Waals surface area (Å²) in [5.41, 5.74) is 0.698. The molecular formula is C16H24N4O3. The summed E-state index contributed by atoms with van der Waals surface area (Å²) in [6.07, 6.45) is 1.88. The van der Waals surface area contributed by atoms with Gasteiger partial charge in [0.1, 0.15) is 5.69 Å². The number of hydrogen-bond acceptors (Lipinski definition) is 4. The highest BCUT2D eigenvalue weighted by Gasteiger charge is 2.36. The van der Waals surface area contributed by atoms with Gasteiger partial charge in [0.25, 0.3) is 5.91 Å². The van der Waals surface area contributed by atoms with Crippen molar-refractivity contribution in [3.8, 4) is 0 Å². The van der Waals surface area contributed by atoms with Crippen LogP contribution in [-0.4, -0.2) is 88.6 Å². The number of carboxylic acid groups (broad SMARTS) is 1. The predicted octanol–water partition coefficient (Wildman–Crippen LogP) is -0.202. The van der Waals surface area contributed by atoms with Gasteiger partial charge in [0, 0.05) is 58.6 Å². The molecule has 1 amide bonds. The maximum Gasteiger partial charge on any atom is 0.309 e. The summed E-state index contributed by atoms with van der Waals surface area (Å²) in [4.78, 5) is 30.2. The lowest BCUT2D eigenvalue weighted by molar-refractivity contribution is -0.142. The number of carboxylic acids is 1. The summed E-state index contributed by atoms with van der Waals surface area (Å²) < 4.78 is 1.84. The van der Waals surface area contributed by atoms with Gasteiger partial charge in [0.05, 0.1) is 5.92 Å². The molecule has 3 rings (SSSR count). The zero-order chi connectivity index (χ0) is 16.6. The van der Waals surface area contributed by atoms with Gasteiger partial charge in [-0.25, -0.2) is 0 Å². The Bertz CT molecular complexity index is 600. The number of rotatable bonds is 2. The van der Waals surface area contributed by atoms with Crippen LogP contribution in [-0.2, 0) is 11.8 Å². The van der Waals surface area contributed by atoms with E-state index < -0.39 is 5.97 Å². The Labute approximate surface area is 136 Å². The summed E-state index contributed by atoms with van der Waals surface area (Å²) >= 11 is 0. The summed E-state index contributed by atoms with van der Waals surface area (Å²) in [5, 5.41) is 9.35. The van der Waals surface area contributed by atoms with Gasteiger partial charge in [-0.15, -0.1) is 0 Å². The molecule has 7 heteroatoms. The van der Waals surface area contributed by atoms with Crippen molar-refractivity contribution in [2.45, 2.75) is 6.04 Å². The first-order valence-corrected chi connectivity index (χ1v) is 8.01. The largest absolute Gasteiger partial charge is 0.481 e. The third kappa shape index (κ3) is 3.25. The van der Waals surface area contributed by atoms with Crippen LogP contribution in [0.4, 0.5) is 0 Å². The smallest absolute Gasteiger partial charge is 0.309 e. The summed E-state index contributed by atoms with van der Waals surface area (Å²) in [6, 6.07) is 3.91. The zero-order valence-corrected chi connectivity index (χ0v) is 13.7. The second-order valence-corrected chi connectivity index (χ2v) is 6.66. The highest BCUT2D eigenvalue weighted by atomic mass is 16.4. The Morgan fingerprint density at radius 2 is 1.91 bits per heavy atom. The van der Waals surface area contributed by atoms with Crippen molar-refractivity contribution in [1.29, 1.82) is 0 Å². The average Bonchev–Trinajstić information content (AvgIpc) is 2.84. The molecule has 1 aromatic rings. The Hall–Kier alpha value is -1.86. The lowest BCUT2D eigenvalue weighted by Gasteiger charge is -2.41. The molecule has 2 fully saturated rings.